The molecule has 1 unspecified atom stereocenters. The second kappa shape index (κ2) is 3.22. The second-order valence-corrected chi connectivity index (χ2v) is 3.15. The first-order valence-electron chi connectivity index (χ1n) is 4.26. The van der Waals surface area contributed by atoms with Crippen LogP contribution < -0.4 is 5.73 Å². The van der Waals surface area contributed by atoms with E-state index in [9.17, 15) is 0 Å². The van der Waals surface area contributed by atoms with Crippen LogP contribution in [0.3, 0.4) is 0 Å². The van der Waals surface area contributed by atoms with E-state index < -0.39 is 0 Å². The van der Waals surface area contributed by atoms with E-state index in [1.165, 1.54) is 6.33 Å². The molecule has 74 valence electrons. The first kappa shape index (κ1) is 8.89. The van der Waals surface area contributed by atoms with Crippen molar-refractivity contribution in [3.63, 3.8) is 0 Å². The zero-order valence-corrected chi connectivity index (χ0v) is 8.12. The molecule has 2 N–H and O–H groups in total. The third-order valence-corrected chi connectivity index (χ3v) is 2.20. The normalized spacial score (nSPS) is 13.1. The minimum atomic E-state index is -0.282. The van der Waals surface area contributed by atoms with E-state index in [0.717, 1.165) is 11.5 Å². The Balaban J connectivity index is 2.38. The molecule has 2 aromatic rings. The third kappa shape index (κ3) is 1.29. The lowest BCUT2D eigenvalue weighted by Gasteiger charge is -2.10. The molecular weight excluding hydrogens is 180 g/mol. The van der Waals surface area contributed by atoms with Crippen LogP contribution >= 0.6 is 0 Å². The summed E-state index contributed by atoms with van der Waals surface area (Å²) >= 11 is 0. The van der Waals surface area contributed by atoms with Crippen LogP contribution in [-0.4, -0.2) is 24.3 Å². The van der Waals surface area contributed by atoms with E-state index in [-0.39, 0.29) is 6.04 Å². The Hall–Kier alpha value is -1.69. The summed E-state index contributed by atoms with van der Waals surface area (Å²) in [5.41, 5.74) is 6.94. The van der Waals surface area contributed by atoms with E-state index in [0.29, 0.717) is 0 Å². The summed E-state index contributed by atoms with van der Waals surface area (Å²) in [5, 5.41) is 3.97. The largest absolute Gasteiger partial charge is 0.336 e. The first-order valence-corrected chi connectivity index (χ1v) is 4.26. The molecule has 0 radical (unpaired) electrons. The molecule has 1 atom stereocenters. The molecule has 2 aromatic heterocycles. The summed E-state index contributed by atoms with van der Waals surface area (Å²) in [5.74, 6) is 0.730. The molecule has 6 nitrogen and oxygen atoms in total. The van der Waals surface area contributed by atoms with Crippen molar-refractivity contribution in [3.8, 4) is 0 Å². The highest BCUT2D eigenvalue weighted by molar-refractivity contribution is 5.13. The first-order chi connectivity index (χ1) is 6.70. The SMILES string of the molecule is Cn1cncc1C(N)c1ncnn1C. The molecule has 6 heteroatoms. The summed E-state index contributed by atoms with van der Waals surface area (Å²) in [6.07, 6.45) is 4.94. The summed E-state index contributed by atoms with van der Waals surface area (Å²) in [6.45, 7) is 0. The van der Waals surface area contributed by atoms with Gasteiger partial charge in [-0.25, -0.2) is 9.97 Å². The van der Waals surface area contributed by atoms with Gasteiger partial charge < -0.3 is 10.3 Å². The Morgan fingerprint density at radius 1 is 1.43 bits per heavy atom. The molecule has 0 saturated heterocycles. The van der Waals surface area contributed by atoms with Gasteiger partial charge in [-0.1, -0.05) is 0 Å². The minimum absolute atomic E-state index is 0.282. The number of hydrogen-bond acceptors (Lipinski definition) is 4. The van der Waals surface area contributed by atoms with Crippen LogP contribution in [-0.2, 0) is 14.1 Å². The monoisotopic (exact) mass is 192 g/mol. The van der Waals surface area contributed by atoms with Gasteiger partial charge in [0.2, 0.25) is 0 Å². The molecule has 14 heavy (non-hydrogen) atoms. The van der Waals surface area contributed by atoms with Crippen molar-refractivity contribution in [1.29, 1.82) is 0 Å². The highest BCUT2D eigenvalue weighted by Crippen LogP contribution is 2.14. The van der Waals surface area contributed by atoms with Crippen molar-refractivity contribution in [2.24, 2.45) is 19.8 Å². The molecule has 0 amide bonds. The summed E-state index contributed by atoms with van der Waals surface area (Å²) < 4.78 is 3.54. The van der Waals surface area contributed by atoms with Gasteiger partial charge in [-0.2, -0.15) is 5.10 Å². The zero-order valence-electron chi connectivity index (χ0n) is 8.12. The van der Waals surface area contributed by atoms with Gasteiger partial charge >= 0.3 is 0 Å². The van der Waals surface area contributed by atoms with Gasteiger partial charge in [0.15, 0.2) is 0 Å². The molecule has 0 aromatic carbocycles. The van der Waals surface area contributed by atoms with Crippen LogP contribution in [0.15, 0.2) is 18.9 Å². The molecule has 0 bridgehead atoms. The van der Waals surface area contributed by atoms with Gasteiger partial charge in [0.25, 0.3) is 0 Å². The van der Waals surface area contributed by atoms with Crippen molar-refractivity contribution in [3.05, 3.63) is 30.4 Å². The van der Waals surface area contributed by atoms with Crippen molar-refractivity contribution in [1.82, 2.24) is 24.3 Å². The van der Waals surface area contributed by atoms with Crippen LogP contribution in [0.25, 0.3) is 0 Å². The van der Waals surface area contributed by atoms with Crippen LogP contribution in [0.1, 0.15) is 17.6 Å². The zero-order chi connectivity index (χ0) is 10.1. The van der Waals surface area contributed by atoms with E-state index in [1.807, 2.05) is 18.7 Å². The summed E-state index contributed by atoms with van der Waals surface area (Å²) in [6, 6.07) is -0.282. The van der Waals surface area contributed by atoms with Gasteiger partial charge in [0, 0.05) is 14.1 Å². The van der Waals surface area contributed by atoms with Crippen molar-refractivity contribution in [2.75, 3.05) is 0 Å². The fourth-order valence-corrected chi connectivity index (χ4v) is 1.39. The van der Waals surface area contributed by atoms with Crippen LogP contribution in [0, 0.1) is 0 Å². The maximum absolute atomic E-state index is 6.02. The standard InChI is InChI=1S/C8H12N6/c1-13-5-10-3-6(13)7(9)8-11-4-12-14(8)2/h3-5,7H,9H2,1-2H3. The average Bonchev–Trinajstić information content (AvgIpc) is 2.73. The molecule has 2 heterocycles. The van der Waals surface area contributed by atoms with E-state index in [1.54, 1.807) is 17.2 Å². The summed E-state index contributed by atoms with van der Waals surface area (Å²) in [7, 11) is 3.72. The number of aryl methyl sites for hydroxylation is 2. The molecular formula is C8H12N6. The Morgan fingerprint density at radius 2 is 2.21 bits per heavy atom. The number of nitrogens with zero attached hydrogens (tertiary/aromatic N) is 5. The van der Waals surface area contributed by atoms with Gasteiger partial charge in [0.1, 0.15) is 18.2 Å². The lowest BCUT2D eigenvalue weighted by molar-refractivity contribution is 0.632. The number of rotatable bonds is 2. The minimum Gasteiger partial charge on any atom is -0.336 e. The Bertz CT molecular complexity index is 388. The van der Waals surface area contributed by atoms with Gasteiger partial charge in [0.05, 0.1) is 18.2 Å². The number of imidazole rings is 1. The number of hydrogen-bond donors (Lipinski definition) is 1. The predicted octanol–water partition coefficient (Wildman–Crippen LogP) is -0.403. The molecule has 0 aliphatic carbocycles. The Labute approximate surface area is 81.4 Å². The van der Waals surface area contributed by atoms with Crippen LogP contribution in [0.2, 0.25) is 0 Å². The maximum Gasteiger partial charge on any atom is 0.149 e. The van der Waals surface area contributed by atoms with Gasteiger partial charge in [-0.3, -0.25) is 4.68 Å². The molecule has 0 aliphatic heterocycles. The van der Waals surface area contributed by atoms with E-state index in [2.05, 4.69) is 15.1 Å². The van der Waals surface area contributed by atoms with Crippen LogP contribution in [0.4, 0.5) is 0 Å². The smallest absolute Gasteiger partial charge is 0.149 e. The quantitative estimate of drug-likeness (QED) is 0.702. The highest BCUT2D eigenvalue weighted by atomic mass is 15.3. The topological polar surface area (TPSA) is 74.6 Å². The van der Waals surface area contributed by atoms with Crippen molar-refractivity contribution < 1.29 is 0 Å². The van der Waals surface area contributed by atoms with E-state index in [4.69, 9.17) is 5.73 Å². The molecule has 0 aliphatic rings. The van der Waals surface area contributed by atoms with Gasteiger partial charge in [-0.15, -0.1) is 0 Å². The number of aromatic nitrogens is 5. The maximum atomic E-state index is 6.02. The average molecular weight is 192 g/mol. The van der Waals surface area contributed by atoms with Crippen molar-refractivity contribution in [2.45, 2.75) is 6.04 Å². The molecule has 0 saturated carbocycles. The van der Waals surface area contributed by atoms with Crippen molar-refractivity contribution >= 4 is 0 Å². The highest BCUT2D eigenvalue weighted by Gasteiger charge is 2.16. The predicted molar refractivity (Wildman–Crippen MR) is 50.2 cm³/mol. The molecule has 0 spiro atoms. The Morgan fingerprint density at radius 3 is 2.71 bits per heavy atom. The fourth-order valence-electron chi connectivity index (χ4n) is 1.39. The third-order valence-electron chi connectivity index (χ3n) is 2.20. The second-order valence-electron chi connectivity index (χ2n) is 3.15. The van der Waals surface area contributed by atoms with E-state index >= 15 is 0 Å². The Kier molecular flexibility index (Phi) is 2.05. The summed E-state index contributed by atoms with van der Waals surface area (Å²) in [4.78, 5) is 8.11. The fraction of sp³-hybridized carbons (Fsp3) is 0.375. The van der Waals surface area contributed by atoms with Crippen LogP contribution in [0.5, 0.6) is 0 Å². The lowest BCUT2D eigenvalue weighted by atomic mass is 10.2. The molecule has 2 rings (SSSR count). The number of nitrogens with two attached hydrogens (primary N) is 1. The molecule has 0 fully saturated rings. The van der Waals surface area contributed by atoms with Gasteiger partial charge in [-0.05, 0) is 0 Å². The lowest BCUT2D eigenvalue weighted by Crippen LogP contribution is -2.19.